The number of hydrogen-bond donors (Lipinski definition) is 1. The molecule has 35 heavy (non-hydrogen) atoms. The van der Waals surface area contributed by atoms with Crippen molar-refractivity contribution < 1.29 is 19.4 Å². The van der Waals surface area contributed by atoms with Crippen LogP contribution in [0.4, 0.5) is 0 Å². The van der Waals surface area contributed by atoms with E-state index in [1.165, 1.54) is 31.3 Å². The molecule has 0 radical (unpaired) electrons. The van der Waals surface area contributed by atoms with Crippen molar-refractivity contribution in [1.82, 2.24) is 9.66 Å². The number of nitrogens with zero attached hydrogens (tertiary/aromatic N) is 3. The maximum Gasteiger partial charge on any atom is 0.344 e. The molecule has 1 aromatic heterocycles. The number of carboxylic acids is 1. The standard InChI is InChI=1S/C25H25Br2N3O5/c1-14(25(32)33)35-22-16(10-18(27)12-21(22)34-2)13-28-30-23(15-6-4-3-5-7-15)29-20-9-8-17(26)11-19(20)24(30)31/h8-15H,3-7H2,1-2H3,(H,32,33)/t14-/m1/s1. The molecule has 0 saturated heterocycles. The fourth-order valence-electron chi connectivity index (χ4n) is 4.21. The van der Waals surface area contributed by atoms with Crippen LogP contribution in [-0.2, 0) is 4.79 Å². The third kappa shape index (κ3) is 5.59. The summed E-state index contributed by atoms with van der Waals surface area (Å²) in [6.07, 6.45) is 5.59. The van der Waals surface area contributed by atoms with Crippen LogP contribution in [0.1, 0.15) is 56.3 Å². The molecule has 8 nitrogen and oxygen atoms in total. The van der Waals surface area contributed by atoms with Crippen LogP contribution in [0.3, 0.4) is 0 Å². The summed E-state index contributed by atoms with van der Waals surface area (Å²) < 4.78 is 13.9. The summed E-state index contributed by atoms with van der Waals surface area (Å²) in [6.45, 7) is 1.43. The highest BCUT2D eigenvalue weighted by atomic mass is 79.9. The number of rotatable bonds is 7. The topological polar surface area (TPSA) is 103 Å². The fraction of sp³-hybridized carbons (Fsp3) is 0.360. The Balaban J connectivity index is 1.87. The van der Waals surface area contributed by atoms with Gasteiger partial charge in [0.25, 0.3) is 5.56 Å². The summed E-state index contributed by atoms with van der Waals surface area (Å²) in [5, 5.41) is 14.3. The summed E-state index contributed by atoms with van der Waals surface area (Å²) in [7, 11) is 1.47. The lowest BCUT2D eigenvalue weighted by Gasteiger charge is -2.23. The number of fused-ring (bicyclic) bond motifs is 1. The van der Waals surface area contributed by atoms with E-state index < -0.39 is 12.1 Å². The summed E-state index contributed by atoms with van der Waals surface area (Å²) in [5.74, 6) is 0.205. The first-order valence-electron chi connectivity index (χ1n) is 11.3. The third-order valence-electron chi connectivity index (χ3n) is 6.03. The van der Waals surface area contributed by atoms with Crippen molar-refractivity contribution in [1.29, 1.82) is 0 Å². The van der Waals surface area contributed by atoms with Crippen LogP contribution in [0.25, 0.3) is 10.9 Å². The van der Waals surface area contributed by atoms with E-state index in [2.05, 4.69) is 37.0 Å². The zero-order valence-corrected chi connectivity index (χ0v) is 22.5. The van der Waals surface area contributed by atoms with Gasteiger partial charge in [0.15, 0.2) is 17.6 Å². The smallest absolute Gasteiger partial charge is 0.344 e. The van der Waals surface area contributed by atoms with Gasteiger partial charge in [-0.3, -0.25) is 4.79 Å². The first-order chi connectivity index (χ1) is 16.8. The van der Waals surface area contributed by atoms with Crippen molar-refractivity contribution in [3.8, 4) is 11.5 Å². The lowest BCUT2D eigenvalue weighted by molar-refractivity contribution is -0.144. The third-order valence-corrected chi connectivity index (χ3v) is 6.98. The van der Waals surface area contributed by atoms with Gasteiger partial charge < -0.3 is 14.6 Å². The van der Waals surface area contributed by atoms with E-state index >= 15 is 0 Å². The summed E-state index contributed by atoms with van der Waals surface area (Å²) in [5.41, 5.74) is 0.824. The Kier molecular flexibility index (Phi) is 7.91. The molecule has 1 saturated carbocycles. The Bertz CT molecular complexity index is 1350. The van der Waals surface area contributed by atoms with Crippen molar-refractivity contribution in [3.05, 3.63) is 61.0 Å². The van der Waals surface area contributed by atoms with Crippen molar-refractivity contribution in [2.24, 2.45) is 5.10 Å². The number of hydrogen-bond acceptors (Lipinski definition) is 6. The zero-order chi connectivity index (χ0) is 25.1. The Labute approximate surface area is 219 Å². The maximum atomic E-state index is 13.6. The normalized spacial score (nSPS) is 15.4. The van der Waals surface area contributed by atoms with E-state index in [9.17, 15) is 14.7 Å². The molecule has 10 heteroatoms. The Morgan fingerprint density at radius 1 is 1.20 bits per heavy atom. The van der Waals surface area contributed by atoms with Crippen LogP contribution in [-0.4, -0.2) is 40.2 Å². The fourth-order valence-corrected chi connectivity index (χ4v) is 5.03. The van der Waals surface area contributed by atoms with E-state index in [1.54, 1.807) is 18.2 Å². The van der Waals surface area contributed by atoms with Crippen LogP contribution < -0.4 is 15.0 Å². The molecule has 1 N–H and O–H groups in total. The first-order valence-corrected chi connectivity index (χ1v) is 12.9. The molecule has 4 rings (SSSR count). The van der Waals surface area contributed by atoms with Crippen molar-refractivity contribution >= 4 is 54.9 Å². The van der Waals surface area contributed by atoms with Gasteiger partial charge in [-0.2, -0.15) is 9.78 Å². The highest BCUT2D eigenvalue weighted by Gasteiger charge is 2.23. The Morgan fingerprint density at radius 2 is 1.94 bits per heavy atom. The molecule has 1 fully saturated rings. The molecule has 3 aromatic rings. The van der Waals surface area contributed by atoms with Crippen molar-refractivity contribution in [2.45, 2.75) is 51.0 Å². The number of benzene rings is 2. The van der Waals surface area contributed by atoms with E-state index in [1.807, 2.05) is 12.1 Å². The molecule has 0 aliphatic heterocycles. The van der Waals surface area contributed by atoms with Gasteiger partial charge in [-0.25, -0.2) is 9.78 Å². The van der Waals surface area contributed by atoms with Gasteiger partial charge in [-0.05, 0) is 50.1 Å². The van der Waals surface area contributed by atoms with Gasteiger partial charge in [0, 0.05) is 20.4 Å². The van der Waals surface area contributed by atoms with Gasteiger partial charge in [0.2, 0.25) is 0 Å². The highest BCUT2D eigenvalue weighted by Crippen LogP contribution is 2.35. The SMILES string of the molecule is COc1cc(Br)cc(C=Nn2c(C3CCCCC3)nc3ccc(Br)cc3c2=O)c1O[C@H](C)C(=O)O. The van der Waals surface area contributed by atoms with Crippen LogP contribution >= 0.6 is 31.9 Å². The molecule has 2 aromatic carbocycles. The number of aromatic nitrogens is 2. The second-order valence-corrected chi connectivity index (χ2v) is 10.3. The average Bonchev–Trinajstić information content (AvgIpc) is 2.85. The second-order valence-electron chi connectivity index (χ2n) is 8.45. The lowest BCUT2D eigenvalue weighted by Crippen LogP contribution is -2.25. The summed E-state index contributed by atoms with van der Waals surface area (Å²) >= 11 is 6.87. The number of carbonyl (C=O) groups is 1. The van der Waals surface area contributed by atoms with Crippen LogP contribution in [0.5, 0.6) is 11.5 Å². The van der Waals surface area contributed by atoms with E-state index in [-0.39, 0.29) is 17.2 Å². The molecule has 1 aliphatic rings. The molecule has 0 unspecified atom stereocenters. The van der Waals surface area contributed by atoms with Crippen molar-refractivity contribution in [2.75, 3.05) is 7.11 Å². The minimum Gasteiger partial charge on any atom is -0.493 e. The zero-order valence-electron chi connectivity index (χ0n) is 19.3. The van der Waals surface area contributed by atoms with Gasteiger partial charge in [0.1, 0.15) is 5.82 Å². The molecule has 0 bridgehead atoms. The molecule has 1 heterocycles. The Hall–Kier alpha value is -2.72. The van der Waals surface area contributed by atoms with Crippen LogP contribution in [0, 0.1) is 0 Å². The molecular weight excluding hydrogens is 582 g/mol. The summed E-state index contributed by atoms with van der Waals surface area (Å²) in [6, 6.07) is 8.85. The number of aliphatic carboxylic acids is 1. The van der Waals surface area contributed by atoms with Gasteiger partial charge in [-0.1, -0.05) is 51.1 Å². The molecule has 1 aliphatic carbocycles. The molecule has 0 spiro atoms. The van der Waals surface area contributed by atoms with Crippen LogP contribution in [0.15, 0.2) is 49.2 Å². The van der Waals surface area contributed by atoms with E-state index in [0.717, 1.165) is 30.2 Å². The average molecular weight is 607 g/mol. The molecular formula is C25H25Br2N3O5. The van der Waals surface area contributed by atoms with Gasteiger partial charge in [-0.15, -0.1) is 0 Å². The van der Waals surface area contributed by atoms with E-state index in [4.69, 9.17) is 14.5 Å². The number of ether oxygens (including phenoxy) is 2. The maximum absolute atomic E-state index is 13.6. The largest absolute Gasteiger partial charge is 0.493 e. The summed E-state index contributed by atoms with van der Waals surface area (Å²) in [4.78, 5) is 29.8. The van der Waals surface area contributed by atoms with Crippen molar-refractivity contribution in [3.63, 3.8) is 0 Å². The monoisotopic (exact) mass is 605 g/mol. The lowest BCUT2D eigenvalue weighted by atomic mass is 9.88. The highest BCUT2D eigenvalue weighted by molar-refractivity contribution is 9.10. The second kappa shape index (κ2) is 10.9. The predicted molar refractivity (Wildman–Crippen MR) is 141 cm³/mol. The molecule has 184 valence electrons. The molecule has 1 atom stereocenters. The predicted octanol–water partition coefficient (Wildman–Crippen LogP) is 5.71. The quantitative estimate of drug-likeness (QED) is 0.346. The van der Waals surface area contributed by atoms with Gasteiger partial charge >= 0.3 is 5.97 Å². The van der Waals surface area contributed by atoms with Gasteiger partial charge in [0.05, 0.1) is 24.2 Å². The minimum absolute atomic E-state index is 0.126. The number of methoxy groups -OCH3 is 1. The first kappa shape index (κ1) is 25.4. The number of halogens is 2. The minimum atomic E-state index is -1.11. The Morgan fingerprint density at radius 3 is 2.63 bits per heavy atom. The van der Waals surface area contributed by atoms with Crippen LogP contribution in [0.2, 0.25) is 0 Å². The number of carboxylic acid groups (broad SMARTS) is 1. The molecule has 0 amide bonds. The van der Waals surface area contributed by atoms with E-state index in [0.29, 0.717) is 32.5 Å².